The van der Waals surface area contributed by atoms with Gasteiger partial charge in [-0.05, 0) is 47.9 Å². The molecule has 4 aromatic rings. The highest BCUT2D eigenvalue weighted by molar-refractivity contribution is 6.15. The number of para-hydroxylation sites is 1. The van der Waals surface area contributed by atoms with Gasteiger partial charge in [-0.1, -0.05) is 12.1 Å². The number of hydrogen-bond donors (Lipinski definition) is 1. The molecule has 3 heterocycles. The number of pyridine rings is 1. The summed E-state index contributed by atoms with van der Waals surface area (Å²) in [5.74, 6) is 0.630. The Balaban J connectivity index is 1.48. The molecule has 196 valence electrons. The molecule has 3 aromatic carbocycles. The molecule has 39 heavy (non-hydrogen) atoms. The van der Waals surface area contributed by atoms with E-state index in [1.807, 2.05) is 6.07 Å². The summed E-state index contributed by atoms with van der Waals surface area (Å²) in [6, 6.07) is 15.5. The highest BCUT2D eigenvalue weighted by Crippen LogP contribution is 2.49. The molecule has 0 radical (unpaired) electrons. The van der Waals surface area contributed by atoms with Gasteiger partial charge in [-0.3, -0.25) is 14.4 Å². The van der Waals surface area contributed by atoms with E-state index in [0.717, 1.165) is 5.39 Å². The van der Waals surface area contributed by atoms with E-state index >= 15 is 0 Å². The number of H-pyrrole nitrogens is 1. The van der Waals surface area contributed by atoms with Crippen LogP contribution < -0.4 is 29.2 Å². The smallest absolute Gasteiger partial charge is 0.312 e. The molecule has 2 aliphatic heterocycles. The fourth-order valence-corrected chi connectivity index (χ4v) is 5.12. The summed E-state index contributed by atoms with van der Waals surface area (Å²) in [6.07, 6.45) is 1.49. The van der Waals surface area contributed by atoms with E-state index in [0.29, 0.717) is 45.0 Å². The van der Waals surface area contributed by atoms with Crippen LogP contribution in [0.15, 0.2) is 65.2 Å². The minimum Gasteiger partial charge on any atom is -0.497 e. The van der Waals surface area contributed by atoms with Gasteiger partial charge in [0.05, 0.1) is 38.8 Å². The maximum Gasteiger partial charge on any atom is 0.312 e. The summed E-state index contributed by atoms with van der Waals surface area (Å²) in [7, 11) is 4.59. The second-order valence-corrected chi connectivity index (χ2v) is 9.11. The average Bonchev–Trinajstić information content (AvgIpc) is 3.26. The Kier molecular flexibility index (Phi) is 5.83. The second kappa shape index (κ2) is 9.36. The minimum atomic E-state index is -0.690. The van der Waals surface area contributed by atoms with Crippen LogP contribution in [0.5, 0.6) is 28.7 Å². The molecule has 1 N–H and O–H groups in total. The first-order valence-corrected chi connectivity index (χ1v) is 12.2. The lowest BCUT2D eigenvalue weighted by Gasteiger charge is -2.26. The van der Waals surface area contributed by atoms with Crippen molar-refractivity contribution in [1.82, 2.24) is 4.98 Å². The van der Waals surface area contributed by atoms with Gasteiger partial charge >= 0.3 is 5.97 Å². The SMILES string of the molecule is COc1ccc2cc([C@H]3CC(=O)Oc4ccc5c(c43)O/C(=C\c3cccc(OC)c3OC)C5=O)c(=O)[nH]c2c1. The summed E-state index contributed by atoms with van der Waals surface area (Å²) in [6.45, 7) is 0. The molecule has 0 saturated heterocycles. The van der Waals surface area contributed by atoms with Crippen molar-refractivity contribution in [2.24, 2.45) is 0 Å². The second-order valence-electron chi connectivity index (χ2n) is 9.11. The van der Waals surface area contributed by atoms with Crippen molar-refractivity contribution in [3.8, 4) is 28.7 Å². The van der Waals surface area contributed by atoms with Crippen LogP contribution in [-0.2, 0) is 4.79 Å². The molecule has 0 amide bonds. The Bertz CT molecular complexity index is 1770. The first-order valence-electron chi connectivity index (χ1n) is 12.2. The van der Waals surface area contributed by atoms with Crippen molar-refractivity contribution in [2.75, 3.05) is 21.3 Å². The van der Waals surface area contributed by atoms with Crippen molar-refractivity contribution in [3.05, 3.63) is 93.0 Å². The maximum atomic E-state index is 13.4. The average molecular weight is 526 g/mol. The third kappa shape index (κ3) is 3.99. The molecule has 2 aliphatic rings. The van der Waals surface area contributed by atoms with Crippen LogP contribution >= 0.6 is 0 Å². The third-order valence-electron chi connectivity index (χ3n) is 6.96. The Morgan fingerprint density at radius 1 is 0.923 bits per heavy atom. The fourth-order valence-electron chi connectivity index (χ4n) is 5.12. The number of fused-ring (bicyclic) bond motifs is 4. The number of allylic oxidation sites excluding steroid dienone is 1. The van der Waals surface area contributed by atoms with Crippen molar-refractivity contribution < 1.29 is 33.3 Å². The Hall–Kier alpha value is -5.05. The Morgan fingerprint density at radius 2 is 1.77 bits per heavy atom. The molecule has 9 heteroatoms. The number of benzene rings is 3. The number of Topliss-reactive ketones (excluding diaryl/α,β-unsaturated/α-hetero) is 1. The molecular weight excluding hydrogens is 502 g/mol. The summed E-state index contributed by atoms with van der Waals surface area (Å²) < 4.78 is 27.8. The normalized spacial score (nSPS) is 16.9. The van der Waals surface area contributed by atoms with E-state index in [2.05, 4.69) is 4.98 Å². The van der Waals surface area contributed by atoms with E-state index in [-0.39, 0.29) is 35.0 Å². The monoisotopic (exact) mass is 525 g/mol. The molecular formula is C30H23NO8. The van der Waals surface area contributed by atoms with E-state index in [1.54, 1.807) is 61.7 Å². The van der Waals surface area contributed by atoms with Crippen LogP contribution in [-0.4, -0.2) is 38.1 Å². The molecule has 0 fully saturated rings. The van der Waals surface area contributed by atoms with Crippen molar-refractivity contribution >= 4 is 28.7 Å². The van der Waals surface area contributed by atoms with Crippen molar-refractivity contribution in [3.63, 3.8) is 0 Å². The van der Waals surface area contributed by atoms with Crippen LogP contribution in [0.4, 0.5) is 0 Å². The lowest BCUT2D eigenvalue weighted by Crippen LogP contribution is -2.26. The molecule has 6 rings (SSSR count). The van der Waals surface area contributed by atoms with Gasteiger partial charge in [0.15, 0.2) is 17.3 Å². The predicted octanol–water partition coefficient (Wildman–Crippen LogP) is 4.61. The van der Waals surface area contributed by atoms with E-state index in [9.17, 15) is 14.4 Å². The lowest BCUT2D eigenvalue weighted by molar-refractivity contribution is -0.135. The molecule has 0 bridgehead atoms. The van der Waals surface area contributed by atoms with Crippen LogP contribution in [0.1, 0.15) is 39.4 Å². The molecule has 0 unspecified atom stereocenters. The highest BCUT2D eigenvalue weighted by atomic mass is 16.5. The number of aromatic amines is 1. The predicted molar refractivity (Wildman–Crippen MR) is 142 cm³/mol. The Labute approximate surface area is 222 Å². The molecule has 9 nitrogen and oxygen atoms in total. The van der Waals surface area contributed by atoms with Gasteiger partial charge in [-0.25, -0.2) is 0 Å². The van der Waals surface area contributed by atoms with Crippen molar-refractivity contribution in [1.29, 1.82) is 0 Å². The number of nitrogens with one attached hydrogen (secondary N) is 1. The van der Waals surface area contributed by atoms with Crippen LogP contribution in [0.25, 0.3) is 17.0 Å². The van der Waals surface area contributed by atoms with Gasteiger partial charge in [0.1, 0.15) is 17.2 Å². The summed E-state index contributed by atoms with van der Waals surface area (Å²) in [5, 5.41) is 0.765. The van der Waals surface area contributed by atoms with Gasteiger partial charge in [-0.15, -0.1) is 0 Å². The molecule has 0 saturated carbocycles. The van der Waals surface area contributed by atoms with Crippen LogP contribution in [0.3, 0.4) is 0 Å². The standard InChI is InChI=1S/C30H23NO8/c1-35-17-8-7-15-11-20(30(34)31-21(15)13-17)19-14-25(32)38-22-10-9-18-27(33)24(39-29(18)26(19)22)12-16-5-4-6-23(36-2)28(16)37-3/h4-13,19H,14H2,1-3H3,(H,31,34)/b24-12-/t19-/m1/s1. The van der Waals surface area contributed by atoms with Gasteiger partial charge < -0.3 is 28.7 Å². The van der Waals surface area contributed by atoms with Crippen molar-refractivity contribution in [2.45, 2.75) is 12.3 Å². The summed E-state index contributed by atoms with van der Waals surface area (Å²) in [4.78, 5) is 42.1. The first kappa shape index (κ1) is 24.3. The van der Waals surface area contributed by atoms with E-state index < -0.39 is 11.9 Å². The number of carbonyl (C=O) groups excluding carboxylic acids is 2. The first-order chi connectivity index (χ1) is 18.9. The topological polar surface area (TPSA) is 113 Å². The zero-order chi connectivity index (χ0) is 27.3. The van der Waals surface area contributed by atoms with Gasteiger partial charge in [0, 0.05) is 28.7 Å². The zero-order valence-corrected chi connectivity index (χ0v) is 21.3. The Morgan fingerprint density at radius 3 is 2.54 bits per heavy atom. The zero-order valence-electron chi connectivity index (χ0n) is 21.3. The van der Waals surface area contributed by atoms with E-state index in [4.69, 9.17) is 23.7 Å². The van der Waals surface area contributed by atoms with Crippen LogP contribution in [0, 0.1) is 0 Å². The molecule has 0 aliphatic carbocycles. The summed E-state index contributed by atoms with van der Waals surface area (Å²) in [5.41, 5.74) is 1.98. The fraction of sp³-hybridized carbons (Fsp3) is 0.167. The number of esters is 1. The van der Waals surface area contributed by atoms with Gasteiger partial charge in [-0.2, -0.15) is 0 Å². The maximum absolute atomic E-state index is 13.4. The number of ketones is 1. The molecule has 1 aromatic heterocycles. The highest BCUT2D eigenvalue weighted by Gasteiger charge is 2.39. The largest absolute Gasteiger partial charge is 0.497 e. The lowest BCUT2D eigenvalue weighted by atomic mass is 9.85. The minimum absolute atomic E-state index is 0.0696. The number of carbonyl (C=O) groups is 2. The number of methoxy groups -OCH3 is 3. The number of rotatable bonds is 5. The van der Waals surface area contributed by atoms with Crippen LogP contribution in [0.2, 0.25) is 0 Å². The van der Waals surface area contributed by atoms with Gasteiger partial charge in [0.25, 0.3) is 5.56 Å². The number of aromatic nitrogens is 1. The quantitative estimate of drug-likeness (QED) is 0.228. The molecule has 0 spiro atoms. The number of hydrogen-bond acceptors (Lipinski definition) is 8. The van der Waals surface area contributed by atoms with Gasteiger partial charge in [0.2, 0.25) is 5.78 Å². The third-order valence-corrected chi connectivity index (χ3v) is 6.96. The molecule has 1 atom stereocenters. The van der Waals surface area contributed by atoms with E-state index in [1.165, 1.54) is 14.2 Å². The summed E-state index contributed by atoms with van der Waals surface area (Å²) >= 11 is 0. The number of ether oxygens (including phenoxy) is 5.